The van der Waals surface area contributed by atoms with E-state index in [-0.39, 0.29) is 6.04 Å². The molecule has 3 rings (SSSR count). The molecule has 112 valence electrons. The summed E-state index contributed by atoms with van der Waals surface area (Å²) in [5.74, 6) is 1.44. The van der Waals surface area contributed by atoms with Crippen LogP contribution in [0.25, 0.3) is 0 Å². The lowest BCUT2D eigenvalue weighted by Crippen LogP contribution is -2.30. The standard InChI is InChI=1S/C14H19N5OS/c1-10(13-15-6-8-21-13)17-14-16-5-4-12(19-14)18-11-3-2-7-20-9-11/h4-6,8,10-11H,2-3,7,9H2,1H3,(H2,16,17,18,19)/t10-,11+/m1/s1. The van der Waals surface area contributed by atoms with Crippen LogP contribution in [-0.2, 0) is 4.74 Å². The van der Waals surface area contributed by atoms with E-state index in [0.717, 1.165) is 36.9 Å². The van der Waals surface area contributed by atoms with Crippen molar-refractivity contribution in [1.29, 1.82) is 0 Å². The monoisotopic (exact) mass is 305 g/mol. The highest BCUT2D eigenvalue weighted by Crippen LogP contribution is 2.19. The van der Waals surface area contributed by atoms with Gasteiger partial charge in [-0.05, 0) is 25.8 Å². The summed E-state index contributed by atoms with van der Waals surface area (Å²) in [6.07, 6.45) is 5.77. The van der Waals surface area contributed by atoms with Gasteiger partial charge in [0.15, 0.2) is 0 Å². The Morgan fingerprint density at radius 1 is 1.38 bits per heavy atom. The normalized spacial score (nSPS) is 20.0. The van der Waals surface area contributed by atoms with E-state index >= 15 is 0 Å². The molecule has 1 fully saturated rings. The summed E-state index contributed by atoms with van der Waals surface area (Å²) < 4.78 is 5.47. The summed E-state index contributed by atoms with van der Waals surface area (Å²) in [5, 5.41) is 9.67. The first-order chi connectivity index (χ1) is 10.3. The van der Waals surface area contributed by atoms with Crippen molar-refractivity contribution in [3.05, 3.63) is 28.8 Å². The first kappa shape index (κ1) is 14.2. The van der Waals surface area contributed by atoms with Crippen LogP contribution in [0.5, 0.6) is 0 Å². The number of aromatic nitrogens is 3. The molecule has 2 N–H and O–H groups in total. The van der Waals surface area contributed by atoms with Crippen molar-refractivity contribution >= 4 is 23.1 Å². The number of hydrogen-bond acceptors (Lipinski definition) is 7. The minimum Gasteiger partial charge on any atom is -0.379 e. The van der Waals surface area contributed by atoms with Gasteiger partial charge in [-0.1, -0.05) is 0 Å². The number of hydrogen-bond donors (Lipinski definition) is 2. The lowest BCUT2D eigenvalue weighted by atomic mass is 10.1. The van der Waals surface area contributed by atoms with Crippen LogP contribution >= 0.6 is 11.3 Å². The third-order valence-electron chi connectivity index (χ3n) is 3.34. The van der Waals surface area contributed by atoms with Crippen LogP contribution in [0, 0.1) is 0 Å². The molecular formula is C14H19N5OS. The minimum atomic E-state index is 0.0956. The van der Waals surface area contributed by atoms with Crippen molar-refractivity contribution in [2.75, 3.05) is 23.8 Å². The number of thiazole rings is 1. The van der Waals surface area contributed by atoms with E-state index in [1.807, 2.05) is 11.4 Å². The summed E-state index contributed by atoms with van der Waals surface area (Å²) in [6, 6.07) is 2.31. The minimum absolute atomic E-state index is 0.0956. The predicted molar refractivity (Wildman–Crippen MR) is 83.6 cm³/mol. The lowest BCUT2D eigenvalue weighted by molar-refractivity contribution is 0.0875. The van der Waals surface area contributed by atoms with Crippen LogP contribution in [0.15, 0.2) is 23.8 Å². The molecule has 0 saturated carbocycles. The fraction of sp³-hybridized carbons (Fsp3) is 0.500. The van der Waals surface area contributed by atoms with Gasteiger partial charge in [0.25, 0.3) is 0 Å². The zero-order chi connectivity index (χ0) is 14.5. The number of nitrogens with one attached hydrogen (secondary N) is 2. The fourth-order valence-electron chi connectivity index (χ4n) is 2.28. The van der Waals surface area contributed by atoms with E-state index in [2.05, 4.69) is 32.5 Å². The molecule has 0 unspecified atom stereocenters. The van der Waals surface area contributed by atoms with Crippen LogP contribution < -0.4 is 10.6 Å². The average Bonchev–Trinajstić information content (AvgIpc) is 3.03. The highest BCUT2D eigenvalue weighted by molar-refractivity contribution is 7.09. The maximum Gasteiger partial charge on any atom is 0.225 e. The summed E-state index contributed by atoms with van der Waals surface area (Å²) in [4.78, 5) is 13.1. The molecule has 2 aromatic heterocycles. The second-order valence-electron chi connectivity index (χ2n) is 5.06. The van der Waals surface area contributed by atoms with E-state index < -0.39 is 0 Å². The predicted octanol–water partition coefficient (Wildman–Crippen LogP) is 2.70. The Hall–Kier alpha value is -1.73. The van der Waals surface area contributed by atoms with Crippen molar-refractivity contribution in [3.8, 4) is 0 Å². The molecule has 1 saturated heterocycles. The van der Waals surface area contributed by atoms with Crippen molar-refractivity contribution in [2.45, 2.75) is 31.8 Å². The van der Waals surface area contributed by atoms with Gasteiger partial charge in [0.05, 0.1) is 18.7 Å². The first-order valence-corrected chi connectivity index (χ1v) is 8.02. The molecule has 3 heterocycles. The zero-order valence-corrected chi connectivity index (χ0v) is 12.8. The third kappa shape index (κ3) is 3.89. The van der Waals surface area contributed by atoms with Gasteiger partial charge in [-0.25, -0.2) is 9.97 Å². The lowest BCUT2D eigenvalue weighted by Gasteiger charge is -2.23. The number of anilines is 2. The Kier molecular flexibility index (Phi) is 4.62. The summed E-state index contributed by atoms with van der Waals surface area (Å²) in [7, 11) is 0. The Morgan fingerprint density at radius 3 is 3.10 bits per heavy atom. The molecule has 0 spiro atoms. The van der Waals surface area contributed by atoms with E-state index in [4.69, 9.17) is 4.74 Å². The van der Waals surface area contributed by atoms with Gasteiger partial charge >= 0.3 is 0 Å². The quantitative estimate of drug-likeness (QED) is 0.885. The fourth-order valence-corrected chi connectivity index (χ4v) is 2.92. The van der Waals surface area contributed by atoms with Crippen molar-refractivity contribution in [2.24, 2.45) is 0 Å². The molecule has 7 heteroatoms. The molecule has 0 bridgehead atoms. The second kappa shape index (κ2) is 6.82. The van der Waals surface area contributed by atoms with Gasteiger partial charge in [-0.2, -0.15) is 4.98 Å². The first-order valence-electron chi connectivity index (χ1n) is 7.14. The van der Waals surface area contributed by atoms with Gasteiger partial charge in [0, 0.05) is 24.4 Å². The Labute approximate surface area is 128 Å². The van der Waals surface area contributed by atoms with E-state index in [9.17, 15) is 0 Å². The van der Waals surface area contributed by atoms with Crippen molar-refractivity contribution in [1.82, 2.24) is 15.0 Å². The summed E-state index contributed by atoms with van der Waals surface area (Å²) in [5.41, 5.74) is 0. The average molecular weight is 305 g/mol. The van der Waals surface area contributed by atoms with Crippen molar-refractivity contribution in [3.63, 3.8) is 0 Å². The topological polar surface area (TPSA) is 72.0 Å². The van der Waals surface area contributed by atoms with E-state index in [0.29, 0.717) is 12.0 Å². The van der Waals surface area contributed by atoms with Crippen LogP contribution in [0.3, 0.4) is 0 Å². The van der Waals surface area contributed by atoms with Crippen LogP contribution in [0.1, 0.15) is 30.8 Å². The highest BCUT2D eigenvalue weighted by atomic mass is 32.1. The van der Waals surface area contributed by atoms with Gasteiger partial charge < -0.3 is 15.4 Å². The van der Waals surface area contributed by atoms with Gasteiger partial charge in [0.2, 0.25) is 5.95 Å². The van der Waals surface area contributed by atoms with Crippen LogP contribution in [0.4, 0.5) is 11.8 Å². The molecule has 6 nitrogen and oxygen atoms in total. The second-order valence-corrected chi connectivity index (χ2v) is 5.99. The maximum absolute atomic E-state index is 5.47. The summed E-state index contributed by atoms with van der Waals surface area (Å²) in [6.45, 7) is 3.65. The Morgan fingerprint density at radius 2 is 2.33 bits per heavy atom. The molecule has 2 atom stereocenters. The SMILES string of the molecule is C[C@@H](Nc1nccc(N[C@H]2CCCOC2)n1)c1nccs1. The number of nitrogens with zero attached hydrogens (tertiary/aromatic N) is 3. The molecule has 0 aromatic carbocycles. The Balaban J connectivity index is 1.62. The van der Waals surface area contributed by atoms with Gasteiger partial charge in [-0.3, -0.25) is 0 Å². The number of rotatable bonds is 5. The summed E-state index contributed by atoms with van der Waals surface area (Å²) >= 11 is 1.62. The third-order valence-corrected chi connectivity index (χ3v) is 4.29. The molecule has 0 radical (unpaired) electrons. The molecular weight excluding hydrogens is 286 g/mol. The highest BCUT2D eigenvalue weighted by Gasteiger charge is 2.15. The molecule has 2 aromatic rings. The molecule has 1 aliphatic heterocycles. The zero-order valence-electron chi connectivity index (χ0n) is 12.0. The molecule has 1 aliphatic rings. The van der Waals surface area contributed by atoms with Gasteiger partial charge in [-0.15, -0.1) is 11.3 Å². The smallest absolute Gasteiger partial charge is 0.225 e. The number of ether oxygens (including phenoxy) is 1. The maximum atomic E-state index is 5.47. The molecule has 0 aliphatic carbocycles. The Bertz CT molecular complexity index is 556. The van der Waals surface area contributed by atoms with Crippen molar-refractivity contribution < 1.29 is 4.74 Å². The molecule has 21 heavy (non-hydrogen) atoms. The van der Waals surface area contributed by atoms with Crippen LogP contribution in [0.2, 0.25) is 0 Å². The van der Waals surface area contributed by atoms with Crippen LogP contribution in [-0.4, -0.2) is 34.2 Å². The van der Waals surface area contributed by atoms with Gasteiger partial charge in [0.1, 0.15) is 10.8 Å². The van der Waals surface area contributed by atoms with E-state index in [1.54, 1.807) is 23.7 Å². The van der Waals surface area contributed by atoms with E-state index in [1.165, 1.54) is 0 Å². The largest absolute Gasteiger partial charge is 0.379 e. The molecule has 0 amide bonds.